The minimum absolute atomic E-state index is 1.00. The lowest BCUT2D eigenvalue weighted by molar-refractivity contribution is 1.30. The monoisotopic (exact) mass is 227 g/mol. The van der Waals surface area contributed by atoms with E-state index in [-0.39, 0.29) is 0 Å². The molecular weight excluding hydrogens is 214 g/mol. The Labute approximate surface area is 100 Å². The molecule has 2 heteroatoms. The molecule has 0 saturated carbocycles. The number of pyridine rings is 1. The van der Waals surface area contributed by atoms with E-state index in [1.165, 1.54) is 5.56 Å². The Morgan fingerprint density at radius 2 is 1.81 bits per heavy atom. The van der Waals surface area contributed by atoms with Gasteiger partial charge in [-0.2, -0.15) is 0 Å². The molecule has 1 aromatic carbocycles. The van der Waals surface area contributed by atoms with Crippen molar-refractivity contribution in [2.75, 3.05) is 0 Å². The lowest BCUT2D eigenvalue weighted by atomic mass is 10.2. The van der Waals surface area contributed by atoms with Crippen molar-refractivity contribution in [3.05, 3.63) is 71.4 Å². The largest absolute Gasteiger partial charge is 0.257 e. The van der Waals surface area contributed by atoms with Crippen molar-refractivity contribution in [2.45, 2.75) is 5.75 Å². The van der Waals surface area contributed by atoms with Crippen LogP contribution in [-0.4, -0.2) is 4.98 Å². The summed E-state index contributed by atoms with van der Waals surface area (Å²) in [5.41, 5.74) is 2.35. The SMILES string of the molecule is C(=C\c1ccccn1)/SCc1ccccc1. The summed E-state index contributed by atoms with van der Waals surface area (Å²) in [4.78, 5) is 4.22. The van der Waals surface area contributed by atoms with Crippen LogP contribution in [0.4, 0.5) is 0 Å². The first-order chi connectivity index (χ1) is 7.95. The minimum Gasteiger partial charge on any atom is -0.257 e. The first-order valence-electron chi connectivity index (χ1n) is 5.18. The average molecular weight is 227 g/mol. The molecule has 80 valence electrons. The highest BCUT2D eigenvalue weighted by Gasteiger charge is 1.89. The molecule has 0 saturated heterocycles. The van der Waals surface area contributed by atoms with E-state index in [0.29, 0.717) is 0 Å². The van der Waals surface area contributed by atoms with Crippen molar-refractivity contribution >= 4 is 17.8 Å². The number of hydrogen-bond donors (Lipinski definition) is 0. The van der Waals surface area contributed by atoms with Gasteiger partial charge >= 0.3 is 0 Å². The van der Waals surface area contributed by atoms with Crippen molar-refractivity contribution in [1.82, 2.24) is 4.98 Å². The molecule has 0 aliphatic heterocycles. The van der Waals surface area contributed by atoms with Crippen LogP contribution >= 0.6 is 11.8 Å². The average Bonchev–Trinajstić information content (AvgIpc) is 2.37. The van der Waals surface area contributed by atoms with Gasteiger partial charge in [0.15, 0.2) is 0 Å². The van der Waals surface area contributed by atoms with E-state index in [9.17, 15) is 0 Å². The first kappa shape index (κ1) is 11.0. The number of hydrogen-bond acceptors (Lipinski definition) is 2. The lowest BCUT2D eigenvalue weighted by Gasteiger charge is -1.96. The van der Waals surface area contributed by atoms with E-state index in [1.807, 2.05) is 36.5 Å². The Balaban J connectivity index is 1.83. The van der Waals surface area contributed by atoms with Crippen LogP contribution < -0.4 is 0 Å². The minimum atomic E-state index is 1.00. The molecule has 1 nitrogen and oxygen atoms in total. The molecule has 2 rings (SSSR count). The molecule has 1 heterocycles. The highest BCUT2D eigenvalue weighted by molar-refractivity contribution is 8.01. The van der Waals surface area contributed by atoms with Crippen LogP contribution in [0.5, 0.6) is 0 Å². The number of benzene rings is 1. The van der Waals surface area contributed by atoms with Gasteiger partial charge in [0.05, 0.1) is 5.69 Å². The van der Waals surface area contributed by atoms with Crippen molar-refractivity contribution < 1.29 is 0 Å². The van der Waals surface area contributed by atoms with Gasteiger partial charge in [-0.15, -0.1) is 11.8 Å². The first-order valence-corrected chi connectivity index (χ1v) is 6.23. The van der Waals surface area contributed by atoms with Crippen molar-refractivity contribution in [3.63, 3.8) is 0 Å². The van der Waals surface area contributed by atoms with Gasteiger partial charge in [-0.05, 0) is 29.2 Å². The zero-order valence-electron chi connectivity index (χ0n) is 8.91. The van der Waals surface area contributed by atoms with E-state index < -0.39 is 0 Å². The van der Waals surface area contributed by atoms with E-state index >= 15 is 0 Å². The van der Waals surface area contributed by atoms with Crippen LogP contribution in [0.25, 0.3) is 6.08 Å². The normalized spacial score (nSPS) is 10.8. The molecule has 0 aliphatic rings. The standard InChI is InChI=1S/C14H13NS/c1-2-6-13(7-3-1)12-16-11-9-14-8-4-5-10-15-14/h1-11H,12H2/b11-9+. The number of rotatable bonds is 4. The molecule has 0 amide bonds. The molecule has 0 aliphatic carbocycles. The maximum absolute atomic E-state index is 4.22. The van der Waals surface area contributed by atoms with Crippen LogP contribution in [0.15, 0.2) is 60.1 Å². The van der Waals surface area contributed by atoms with Gasteiger partial charge in [-0.1, -0.05) is 36.4 Å². The summed E-state index contributed by atoms with van der Waals surface area (Å²) >= 11 is 1.78. The summed E-state index contributed by atoms with van der Waals surface area (Å²) in [5.74, 6) is 1.00. The summed E-state index contributed by atoms with van der Waals surface area (Å²) in [6, 6.07) is 16.4. The zero-order valence-corrected chi connectivity index (χ0v) is 9.73. The topological polar surface area (TPSA) is 12.9 Å². The second-order valence-electron chi connectivity index (χ2n) is 3.35. The Morgan fingerprint density at radius 1 is 1.00 bits per heavy atom. The highest BCUT2D eigenvalue weighted by Crippen LogP contribution is 2.13. The van der Waals surface area contributed by atoms with E-state index in [2.05, 4.69) is 34.7 Å². The third-order valence-corrected chi connectivity index (χ3v) is 2.94. The van der Waals surface area contributed by atoms with Crippen LogP contribution in [0.1, 0.15) is 11.3 Å². The maximum Gasteiger partial charge on any atom is 0.0634 e. The molecule has 0 radical (unpaired) electrons. The number of thioether (sulfide) groups is 1. The molecule has 0 bridgehead atoms. The third-order valence-electron chi connectivity index (χ3n) is 2.12. The molecule has 0 spiro atoms. The maximum atomic E-state index is 4.22. The zero-order chi connectivity index (χ0) is 11.1. The van der Waals surface area contributed by atoms with Gasteiger partial charge in [0, 0.05) is 11.9 Å². The van der Waals surface area contributed by atoms with Gasteiger partial charge < -0.3 is 0 Å². The molecule has 0 fully saturated rings. The number of nitrogens with zero attached hydrogens (tertiary/aromatic N) is 1. The predicted molar refractivity (Wildman–Crippen MR) is 71.0 cm³/mol. The Morgan fingerprint density at radius 3 is 2.56 bits per heavy atom. The quantitative estimate of drug-likeness (QED) is 0.783. The van der Waals surface area contributed by atoms with Gasteiger partial charge in [-0.3, -0.25) is 4.98 Å². The second kappa shape index (κ2) is 6.13. The van der Waals surface area contributed by atoms with Gasteiger partial charge in [0.2, 0.25) is 0 Å². The van der Waals surface area contributed by atoms with Crippen LogP contribution in [0.3, 0.4) is 0 Å². The van der Waals surface area contributed by atoms with Gasteiger partial charge in [-0.25, -0.2) is 0 Å². The molecule has 0 unspecified atom stereocenters. The fourth-order valence-corrected chi connectivity index (χ4v) is 2.03. The Kier molecular flexibility index (Phi) is 4.20. The second-order valence-corrected chi connectivity index (χ2v) is 4.25. The van der Waals surface area contributed by atoms with Crippen molar-refractivity contribution in [2.24, 2.45) is 0 Å². The molecule has 0 N–H and O–H groups in total. The van der Waals surface area contributed by atoms with E-state index in [4.69, 9.17) is 0 Å². The lowest BCUT2D eigenvalue weighted by Crippen LogP contribution is -1.77. The van der Waals surface area contributed by atoms with E-state index in [1.54, 1.807) is 11.8 Å². The van der Waals surface area contributed by atoms with E-state index in [0.717, 1.165) is 11.4 Å². The summed E-state index contributed by atoms with van der Waals surface area (Å²) in [7, 11) is 0. The van der Waals surface area contributed by atoms with Gasteiger partial charge in [0.25, 0.3) is 0 Å². The van der Waals surface area contributed by atoms with Crippen LogP contribution in [0.2, 0.25) is 0 Å². The van der Waals surface area contributed by atoms with Crippen molar-refractivity contribution in [1.29, 1.82) is 0 Å². The summed E-state index contributed by atoms with van der Waals surface area (Å²) in [6.45, 7) is 0. The summed E-state index contributed by atoms with van der Waals surface area (Å²) < 4.78 is 0. The molecule has 0 atom stereocenters. The third kappa shape index (κ3) is 3.55. The molecule has 1 aromatic heterocycles. The molecule has 2 aromatic rings. The van der Waals surface area contributed by atoms with Crippen molar-refractivity contribution in [3.8, 4) is 0 Å². The Hall–Kier alpha value is -1.54. The fraction of sp³-hybridized carbons (Fsp3) is 0.0714. The highest BCUT2D eigenvalue weighted by atomic mass is 32.2. The predicted octanol–water partition coefficient (Wildman–Crippen LogP) is 3.99. The van der Waals surface area contributed by atoms with Gasteiger partial charge in [0.1, 0.15) is 0 Å². The molecule has 16 heavy (non-hydrogen) atoms. The fourth-order valence-electron chi connectivity index (χ4n) is 1.31. The number of aromatic nitrogens is 1. The summed E-state index contributed by atoms with van der Waals surface area (Å²) in [5, 5.41) is 2.09. The van der Waals surface area contributed by atoms with Crippen LogP contribution in [0, 0.1) is 0 Å². The Bertz CT molecular complexity index is 437. The summed E-state index contributed by atoms with van der Waals surface area (Å²) in [6.07, 6.45) is 3.84. The smallest absolute Gasteiger partial charge is 0.0634 e. The molecular formula is C14H13NS. The van der Waals surface area contributed by atoms with Crippen LogP contribution in [-0.2, 0) is 5.75 Å².